The van der Waals surface area contributed by atoms with Gasteiger partial charge in [-0.3, -0.25) is 0 Å². The van der Waals surface area contributed by atoms with Crippen molar-refractivity contribution >= 4 is 0 Å². The van der Waals surface area contributed by atoms with Gasteiger partial charge < -0.3 is 9.30 Å². The lowest BCUT2D eigenvalue weighted by Crippen LogP contribution is -2.30. The Labute approximate surface area is 79.5 Å². The third-order valence-electron chi connectivity index (χ3n) is 2.93. The molecule has 0 radical (unpaired) electrons. The average molecular weight is 179 g/mol. The summed E-state index contributed by atoms with van der Waals surface area (Å²) in [6.45, 7) is 5.34. The lowest BCUT2D eigenvalue weighted by molar-refractivity contribution is 0.0156. The van der Waals surface area contributed by atoms with Crippen LogP contribution in [0.15, 0.2) is 24.5 Å². The summed E-state index contributed by atoms with van der Waals surface area (Å²) in [5, 5.41) is 0. The summed E-state index contributed by atoms with van der Waals surface area (Å²) in [5.41, 5.74) is 0.442. The monoisotopic (exact) mass is 179 g/mol. The van der Waals surface area contributed by atoms with Crippen LogP contribution in [0.4, 0.5) is 0 Å². The molecular formula is C11H17NO. The predicted octanol–water partition coefficient (Wildman–Crippen LogP) is 2.30. The molecule has 0 atom stereocenters. The SMILES string of the molecule is CC1(Cn2cccc2)CCOCC1. The Morgan fingerprint density at radius 3 is 2.46 bits per heavy atom. The van der Waals surface area contributed by atoms with Gasteiger partial charge in [0.05, 0.1) is 0 Å². The van der Waals surface area contributed by atoms with Crippen LogP contribution in [-0.2, 0) is 11.3 Å². The molecule has 2 heteroatoms. The maximum Gasteiger partial charge on any atom is 0.0471 e. The number of nitrogens with zero attached hydrogens (tertiary/aromatic N) is 1. The lowest BCUT2D eigenvalue weighted by atomic mass is 9.82. The van der Waals surface area contributed by atoms with Gasteiger partial charge in [0.15, 0.2) is 0 Å². The molecule has 1 aromatic rings. The van der Waals surface area contributed by atoms with E-state index >= 15 is 0 Å². The molecular weight excluding hydrogens is 162 g/mol. The van der Waals surface area contributed by atoms with Crippen LogP contribution in [0.2, 0.25) is 0 Å². The lowest BCUT2D eigenvalue weighted by Gasteiger charge is -2.33. The summed E-state index contributed by atoms with van der Waals surface area (Å²) in [6, 6.07) is 4.17. The average Bonchev–Trinajstić information content (AvgIpc) is 2.57. The number of aromatic nitrogens is 1. The second kappa shape index (κ2) is 3.54. The fourth-order valence-electron chi connectivity index (χ4n) is 1.94. The van der Waals surface area contributed by atoms with Crippen molar-refractivity contribution in [1.29, 1.82) is 0 Å². The maximum atomic E-state index is 5.37. The van der Waals surface area contributed by atoms with E-state index in [4.69, 9.17) is 4.74 Å². The van der Waals surface area contributed by atoms with Crippen LogP contribution in [-0.4, -0.2) is 17.8 Å². The van der Waals surface area contributed by atoms with Crippen LogP contribution in [0.1, 0.15) is 19.8 Å². The van der Waals surface area contributed by atoms with Gasteiger partial charge in [0.2, 0.25) is 0 Å². The Morgan fingerprint density at radius 2 is 1.85 bits per heavy atom. The molecule has 13 heavy (non-hydrogen) atoms. The van der Waals surface area contributed by atoms with Gasteiger partial charge in [0.25, 0.3) is 0 Å². The number of hydrogen-bond donors (Lipinski definition) is 0. The van der Waals surface area contributed by atoms with Crippen LogP contribution in [0, 0.1) is 5.41 Å². The maximum absolute atomic E-state index is 5.37. The number of ether oxygens (including phenoxy) is 1. The highest BCUT2D eigenvalue weighted by molar-refractivity contribution is 4.92. The van der Waals surface area contributed by atoms with Crippen molar-refractivity contribution in [3.63, 3.8) is 0 Å². The van der Waals surface area contributed by atoms with Crippen molar-refractivity contribution in [3.8, 4) is 0 Å². The molecule has 2 rings (SSSR count). The second-order valence-electron chi connectivity index (χ2n) is 4.28. The second-order valence-corrected chi connectivity index (χ2v) is 4.28. The van der Waals surface area contributed by atoms with Crippen LogP contribution in [0.3, 0.4) is 0 Å². The first-order valence-corrected chi connectivity index (χ1v) is 4.97. The first-order chi connectivity index (χ1) is 6.29. The molecule has 72 valence electrons. The molecule has 0 spiro atoms. The molecule has 1 fully saturated rings. The largest absolute Gasteiger partial charge is 0.381 e. The zero-order valence-corrected chi connectivity index (χ0v) is 8.20. The Hall–Kier alpha value is -0.760. The van der Waals surface area contributed by atoms with E-state index in [1.54, 1.807) is 0 Å². The number of hydrogen-bond acceptors (Lipinski definition) is 1. The fourth-order valence-corrected chi connectivity index (χ4v) is 1.94. The highest BCUT2D eigenvalue weighted by Crippen LogP contribution is 2.31. The Morgan fingerprint density at radius 1 is 1.23 bits per heavy atom. The Bertz CT molecular complexity index is 247. The van der Waals surface area contributed by atoms with Crippen molar-refractivity contribution in [2.45, 2.75) is 26.3 Å². The molecule has 0 saturated carbocycles. The van der Waals surface area contributed by atoms with Gasteiger partial charge in [-0.1, -0.05) is 6.92 Å². The number of rotatable bonds is 2. The standard InChI is InChI=1S/C11H17NO/c1-11(4-8-13-9-5-11)10-12-6-2-3-7-12/h2-3,6-7H,4-5,8-10H2,1H3. The van der Waals surface area contributed by atoms with Gasteiger partial charge in [0, 0.05) is 32.2 Å². The van der Waals surface area contributed by atoms with E-state index in [1.807, 2.05) is 0 Å². The van der Waals surface area contributed by atoms with E-state index in [2.05, 4.69) is 36.0 Å². The van der Waals surface area contributed by atoms with E-state index < -0.39 is 0 Å². The van der Waals surface area contributed by atoms with Crippen LogP contribution < -0.4 is 0 Å². The molecule has 1 aliphatic rings. The summed E-state index contributed by atoms with van der Waals surface area (Å²) in [4.78, 5) is 0. The molecule has 2 heterocycles. The first kappa shape index (κ1) is 8.82. The summed E-state index contributed by atoms with van der Waals surface area (Å²) in [5.74, 6) is 0. The topological polar surface area (TPSA) is 14.2 Å². The molecule has 0 amide bonds. The van der Waals surface area contributed by atoms with Crippen molar-refractivity contribution in [2.75, 3.05) is 13.2 Å². The van der Waals surface area contributed by atoms with Gasteiger partial charge in [-0.2, -0.15) is 0 Å². The highest BCUT2D eigenvalue weighted by atomic mass is 16.5. The molecule has 0 N–H and O–H groups in total. The van der Waals surface area contributed by atoms with Crippen LogP contribution >= 0.6 is 0 Å². The predicted molar refractivity (Wildman–Crippen MR) is 52.6 cm³/mol. The Kier molecular flexibility index (Phi) is 2.40. The zero-order chi connectivity index (χ0) is 9.15. The van der Waals surface area contributed by atoms with Crippen molar-refractivity contribution < 1.29 is 4.74 Å². The zero-order valence-electron chi connectivity index (χ0n) is 8.20. The molecule has 1 aromatic heterocycles. The van der Waals surface area contributed by atoms with E-state index in [9.17, 15) is 0 Å². The highest BCUT2D eigenvalue weighted by Gasteiger charge is 2.27. The third kappa shape index (κ3) is 2.13. The molecule has 1 aliphatic heterocycles. The quantitative estimate of drug-likeness (QED) is 0.679. The van der Waals surface area contributed by atoms with Gasteiger partial charge in [-0.25, -0.2) is 0 Å². The third-order valence-corrected chi connectivity index (χ3v) is 2.93. The van der Waals surface area contributed by atoms with Crippen LogP contribution in [0.25, 0.3) is 0 Å². The van der Waals surface area contributed by atoms with Gasteiger partial charge >= 0.3 is 0 Å². The smallest absolute Gasteiger partial charge is 0.0471 e. The minimum Gasteiger partial charge on any atom is -0.381 e. The molecule has 0 bridgehead atoms. The molecule has 0 unspecified atom stereocenters. The molecule has 0 aromatic carbocycles. The van der Waals surface area contributed by atoms with Gasteiger partial charge in [0.1, 0.15) is 0 Å². The van der Waals surface area contributed by atoms with Gasteiger partial charge in [-0.05, 0) is 30.4 Å². The van der Waals surface area contributed by atoms with Crippen molar-refractivity contribution in [1.82, 2.24) is 4.57 Å². The minimum absolute atomic E-state index is 0.442. The normalized spacial score (nSPS) is 21.6. The molecule has 0 aliphatic carbocycles. The van der Waals surface area contributed by atoms with E-state index in [0.717, 1.165) is 19.8 Å². The minimum atomic E-state index is 0.442. The summed E-state index contributed by atoms with van der Waals surface area (Å²) < 4.78 is 7.64. The molecule has 2 nitrogen and oxygen atoms in total. The Balaban J connectivity index is 1.99. The van der Waals surface area contributed by atoms with E-state index in [-0.39, 0.29) is 0 Å². The molecule has 1 saturated heterocycles. The van der Waals surface area contributed by atoms with Crippen molar-refractivity contribution in [2.24, 2.45) is 5.41 Å². The van der Waals surface area contributed by atoms with E-state index in [1.165, 1.54) is 12.8 Å². The van der Waals surface area contributed by atoms with Crippen molar-refractivity contribution in [3.05, 3.63) is 24.5 Å². The summed E-state index contributed by atoms with van der Waals surface area (Å²) in [6.07, 6.45) is 6.65. The summed E-state index contributed by atoms with van der Waals surface area (Å²) >= 11 is 0. The van der Waals surface area contributed by atoms with Crippen LogP contribution in [0.5, 0.6) is 0 Å². The fraction of sp³-hybridized carbons (Fsp3) is 0.636. The van der Waals surface area contributed by atoms with Gasteiger partial charge in [-0.15, -0.1) is 0 Å². The first-order valence-electron chi connectivity index (χ1n) is 4.97. The summed E-state index contributed by atoms with van der Waals surface area (Å²) in [7, 11) is 0. The van der Waals surface area contributed by atoms with E-state index in [0.29, 0.717) is 5.41 Å².